The van der Waals surface area contributed by atoms with E-state index in [0.29, 0.717) is 25.1 Å². The molecule has 142 valence electrons. The summed E-state index contributed by atoms with van der Waals surface area (Å²) in [5, 5.41) is 24.2. The largest absolute Gasteiger partial charge is 0.367 e. The molecule has 2 atom stereocenters. The summed E-state index contributed by atoms with van der Waals surface area (Å²) in [6.07, 6.45) is 0.740. The van der Waals surface area contributed by atoms with Gasteiger partial charge in [-0.3, -0.25) is 4.79 Å². The second-order valence-corrected chi connectivity index (χ2v) is 6.70. The molecule has 1 aliphatic rings. The predicted molar refractivity (Wildman–Crippen MR) is 105 cm³/mol. The molecule has 0 unspecified atom stereocenters. The van der Waals surface area contributed by atoms with Gasteiger partial charge in [0, 0.05) is 19.6 Å². The zero-order valence-corrected chi connectivity index (χ0v) is 15.5. The molecule has 2 aromatic rings. The van der Waals surface area contributed by atoms with Crippen LogP contribution in [0.5, 0.6) is 0 Å². The molecule has 6 heteroatoms. The van der Waals surface area contributed by atoms with Gasteiger partial charge in [0.25, 0.3) is 5.91 Å². The first-order valence-electron chi connectivity index (χ1n) is 9.31. The summed E-state index contributed by atoms with van der Waals surface area (Å²) in [5.74, 6) is -0.254. The lowest BCUT2D eigenvalue weighted by Gasteiger charge is -2.18. The molecule has 2 N–H and O–H groups in total. The Labute approximate surface area is 164 Å². The van der Waals surface area contributed by atoms with E-state index in [1.165, 1.54) is 0 Å². The highest BCUT2D eigenvalue weighted by Crippen LogP contribution is 2.20. The highest BCUT2D eigenvalue weighted by atomic mass is 16.5. The monoisotopic (exact) mass is 374 g/mol. The van der Waals surface area contributed by atoms with Gasteiger partial charge in [-0.25, -0.2) is 0 Å². The fraction of sp³-hybridized carbons (Fsp3) is 0.318. The number of nitrogens with zero attached hydrogens (tertiary/aromatic N) is 2. The Bertz CT molecular complexity index is 871. The van der Waals surface area contributed by atoms with Crippen molar-refractivity contribution in [3.05, 3.63) is 59.7 Å². The smallest absolute Gasteiger partial charge is 0.251 e. The molecule has 2 aromatic carbocycles. The van der Waals surface area contributed by atoms with Gasteiger partial charge in [0.15, 0.2) is 0 Å². The van der Waals surface area contributed by atoms with E-state index < -0.39 is 12.1 Å². The third-order valence-electron chi connectivity index (χ3n) is 4.65. The third kappa shape index (κ3) is 5.17. The minimum Gasteiger partial charge on any atom is -0.367 e. The van der Waals surface area contributed by atoms with Gasteiger partial charge in [0.05, 0.1) is 17.7 Å². The van der Waals surface area contributed by atoms with E-state index in [-0.39, 0.29) is 5.91 Å². The van der Waals surface area contributed by atoms with Crippen LogP contribution >= 0.6 is 0 Å². The Morgan fingerprint density at radius 1 is 1.14 bits per heavy atom. The fourth-order valence-electron chi connectivity index (χ4n) is 3.08. The minimum absolute atomic E-state index is 0.254. The van der Waals surface area contributed by atoms with Crippen LogP contribution in [0, 0.1) is 22.7 Å². The lowest BCUT2D eigenvalue weighted by molar-refractivity contribution is -0.132. The van der Waals surface area contributed by atoms with Crippen LogP contribution in [0.25, 0.3) is 11.1 Å². The Kier molecular flexibility index (Phi) is 6.75. The first kappa shape index (κ1) is 19.6. The molecule has 0 saturated carbocycles. The van der Waals surface area contributed by atoms with Crippen molar-refractivity contribution in [3.8, 4) is 23.3 Å². The van der Waals surface area contributed by atoms with Gasteiger partial charge < -0.3 is 15.4 Å². The van der Waals surface area contributed by atoms with Crippen LogP contribution in [0.2, 0.25) is 0 Å². The Hall–Kier alpha value is -3.19. The van der Waals surface area contributed by atoms with E-state index >= 15 is 0 Å². The number of nitriles is 2. The topological polar surface area (TPSA) is 97.9 Å². The zero-order valence-electron chi connectivity index (χ0n) is 15.5. The van der Waals surface area contributed by atoms with Crippen LogP contribution < -0.4 is 10.6 Å². The average molecular weight is 374 g/mol. The van der Waals surface area contributed by atoms with Crippen molar-refractivity contribution in [3.63, 3.8) is 0 Å². The van der Waals surface area contributed by atoms with Gasteiger partial charge in [-0.2, -0.15) is 10.5 Å². The standard InChI is InChI=1S/C22H22N4O2/c23-13-17-4-8-19(9-5-17)18-6-2-16(3-7-18)12-20(14-24)26-22(27)21-15-25-10-1-11-28-21/h2-9,20-21,25H,1,10-12,15H2,(H,26,27)/t20-,21-/m0/s1. The van der Waals surface area contributed by atoms with E-state index in [9.17, 15) is 10.1 Å². The summed E-state index contributed by atoms with van der Waals surface area (Å²) in [5.41, 5.74) is 3.64. The number of nitrogens with one attached hydrogen (secondary N) is 2. The van der Waals surface area contributed by atoms with Crippen molar-refractivity contribution in [2.24, 2.45) is 0 Å². The van der Waals surface area contributed by atoms with Crippen molar-refractivity contribution < 1.29 is 9.53 Å². The molecule has 0 spiro atoms. The van der Waals surface area contributed by atoms with Crippen molar-refractivity contribution in [1.82, 2.24) is 10.6 Å². The molecule has 28 heavy (non-hydrogen) atoms. The molecule has 1 saturated heterocycles. The van der Waals surface area contributed by atoms with Gasteiger partial charge in [-0.05, 0) is 41.8 Å². The molecule has 1 amide bonds. The normalized spacial score (nSPS) is 17.6. The SMILES string of the molecule is N#Cc1ccc(-c2ccc(C[C@@H](C#N)NC(=O)[C@@H]3CNCCCO3)cc2)cc1. The zero-order chi connectivity index (χ0) is 19.8. The highest BCUT2D eigenvalue weighted by Gasteiger charge is 2.23. The first-order chi connectivity index (χ1) is 13.7. The van der Waals surface area contributed by atoms with Gasteiger partial charge in [0.1, 0.15) is 12.1 Å². The molecule has 1 heterocycles. The van der Waals surface area contributed by atoms with Crippen LogP contribution in [0.3, 0.4) is 0 Å². The van der Waals surface area contributed by atoms with Crippen molar-refractivity contribution in [2.45, 2.75) is 25.0 Å². The molecule has 0 bridgehead atoms. The highest BCUT2D eigenvalue weighted by molar-refractivity contribution is 5.81. The summed E-state index contributed by atoms with van der Waals surface area (Å²) in [6, 6.07) is 18.9. The molecule has 0 aliphatic carbocycles. The number of amides is 1. The molecule has 6 nitrogen and oxygen atoms in total. The predicted octanol–water partition coefficient (Wildman–Crippen LogP) is 2.15. The maximum Gasteiger partial charge on any atom is 0.251 e. The lowest BCUT2D eigenvalue weighted by atomic mass is 10.00. The average Bonchev–Trinajstić information content (AvgIpc) is 3.03. The van der Waals surface area contributed by atoms with E-state index in [4.69, 9.17) is 10.00 Å². The second kappa shape index (κ2) is 9.66. The van der Waals surface area contributed by atoms with Crippen LogP contribution in [-0.2, 0) is 16.0 Å². The first-order valence-corrected chi connectivity index (χ1v) is 9.31. The number of hydrogen-bond donors (Lipinski definition) is 2. The summed E-state index contributed by atoms with van der Waals surface area (Å²) in [7, 11) is 0. The summed E-state index contributed by atoms with van der Waals surface area (Å²) in [4.78, 5) is 12.4. The number of carbonyl (C=O) groups excluding carboxylic acids is 1. The van der Waals surface area contributed by atoms with E-state index in [0.717, 1.165) is 29.7 Å². The van der Waals surface area contributed by atoms with E-state index in [2.05, 4.69) is 22.8 Å². The van der Waals surface area contributed by atoms with Crippen LogP contribution in [0.15, 0.2) is 48.5 Å². The quantitative estimate of drug-likeness (QED) is 0.836. The fourth-order valence-corrected chi connectivity index (χ4v) is 3.08. The van der Waals surface area contributed by atoms with E-state index in [1.54, 1.807) is 12.1 Å². The number of carbonyl (C=O) groups is 1. The van der Waals surface area contributed by atoms with Crippen molar-refractivity contribution in [2.75, 3.05) is 19.7 Å². The molecule has 1 fully saturated rings. The number of rotatable bonds is 5. The Morgan fingerprint density at radius 3 is 2.46 bits per heavy atom. The number of hydrogen-bond acceptors (Lipinski definition) is 5. The molecule has 0 radical (unpaired) electrons. The molecule has 3 rings (SSSR count). The van der Waals surface area contributed by atoms with E-state index in [1.807, 2.05) is 36.4 Å². The van der Waals surface area contributed by atoms with Gasteiger partial charge >= 0.3 is 0 Å². The summed E-state index contributed by atoms with van der Waals surface area (Å²) < 4.78 is 5.54. The van der Waals surface area contributed by atoms with Crippen molar-refractivity contribution in [1.29, 1.82) is 10.5 Å². The molecular formula is C22H22N4O2. The van der Waals surface area contributed by atoms with Gasteiger partial charge in [0.2, 0.25) is 0 Å². The number of ether oxygens (including phenoxy) is 1. The third-order valence-corrected chi connectivity index (χ3v) is 4.65. The Morgan fingerprint density at radius 2 is 1.82 bits per heavy atom. The maximum absolute atomic E-state index is 12.4. The van der Waals surface area contributed by atoms with Gasteiger partial charge in [-0.15, -0.1) is 0 Å². The summed E-state index contributed by atoms with van der Waals surface area (Å²) >= 11 is 0. The minimum atomic E-state index is -0.611. The summed E-state index contributed by atoms with van der Waals surface area (Å²) in [6.45, 7) is 1.83. The van der Waals surface area contributed by atoms with Crippen LogP contribution in [-0.4, -0.2) is 37.7 Å². The van der Waals surface area contributed by atoms with Crippen LogP contribution in [0.1, 0.15) is 17.5 Å². The Balaban J connectivity index is 1.60. The molecule has 0 aromatic heterocycles. The molecule has 1 aliphatic heterocycles. The van der Waals surface area contributed by atoms with Crippen molar-refractivity contribution >= 4 is 5.91 Å². The number of benzene rings is 2. The lowest BCUT2D eigenvalue weighted by Crippen LogP contribution is -2.46. The second-order valence-electron chi connectivity index (χ2n) is 6.70. The van der Waals surface area contributed by atoms with Crippen LogP contribution in [0.4, 0.5) is 0 Å². The molecular weight excluding hydrogens is 352 g/mol. The van der Waals surface area contributed by atoms with Gasteiger partial charge in [-0.1, -0.05) is 36.4 Å². The maximum atomic E-state index is 12.4.